The van der Waals surface area contributed by atoms with Gasteiger partial charge in [0.05, 0.1) is 165 Å². The first-order chi connectivity index (χ1) is 30.2. The number of hydrogen-bond donors (Lipinski definition) is 2. The first-order valence-corrected chi connectivity index (χ1v) is 22.7. The maximum absolute atomic E-state index is 11.4. The highest BCUT2D eigenvalue weighted by molar-refractivity contribution is 5.77. The predicted octanol–water partition coefficient (Wildman–Crippen LogP) is 3.73. The first kappa shape index (κ1) is 59.4. The van der Waals surface area contributed by atoms with Crippen LogP contribution in [0.4, 0.5) is 0 Å². The Kier molecular flexibility index (Phi) is 53.1. The molecule has 61 heavy (non-hydrogen) atoms. The van der Waals surface area contributed by atoms with Crippen LogP contribution >= 0.6 is 0 Å². The third kappa shape index (κ3) is 56.4. The molecule has 0 atom stereocenters. The summed E-state index contributed by atoms with van der Waals surface area (Å²) in [6.07, 6.45) is 14.8. The van der Waals surface area contributed by atoms with E-state index >= 15 is 0 Å². The number of amides is 1. The van der Waals surface area contributed by atoms with Crippen molar-refractivity contribution in [3.05, 3.63) is 0 Å². The summed E-state index contributed by atoms with van der Waals surface area (Å²) in [5, 5.41) is 11.0. The summed E-state index contributed by atoms with van der Waals surface area (Å²) in [4.78, 5) is 21.7. The van der Waals surface area contributed by atoms with Gasteiger partial charge in [-0.25, -0.2) is 4.79 Å². The molecule has 0 saturated carbocycles. The Balaban J connectivity index is 3.09. The molecule has 0 saturated heterocycles. The van der Waals surface area contributed by atoms with Crippen LogP contribution in [-0.2, 0) is 75.9 Å². The fourth-order valence-electron chi connectivity index (χ4n) is 5.15. The molecule has 0 heterocycles. The van der Waals surface area contributed by atoms with E-state index in [4.69, 9.17) is 66.7 Å². The number of unbranched alkanes of at least 4 members (excludes halogenated alkanes) is 10. The van der Waals surface area contributed by atoms with Crippen molar-refractivity contribution in [2.24, 2.45) is 0 Å². The third-order valence-corrected chi connectivity index (χ3v) is 8.38. The Morgan fingerprint density at radius 3 is 0.836 bits per heavy atom. The van der Waals surface area contributed by atoms with Gasteiger partial charge in [0.2, 0.25) is 5.91 Å². The number of ether oxygens (including phenoxy) is 14. The number of nitrogens with one attached hydrogen (secondary N) is 1. The van der Waals surface area contributed by atoms with Crippen molar-refractivity contribution < 1.29 is 81.0 Å². The van der Waals surface area contributed by atoms with E-state index in [-0.39, 0.29) is 6.61 Å². The van der Waals surface area contributed by atoms with Gasteiger partial charge < -0.3 is 76.7 Å². The van der Waals surface area contributed by atoms with E-state index in [0.717, 1.165) is 13.0 Å². The topological polar surface area (TPSA) is 196 Å². The molecule has 2 N–H and O–H groups in total. The fraction of sp³-hybridized carbons (Fsp3) is 0.953. The molecule has 1 amide bonds. The predicted molar refractivity (Wildman–Crippen MR) is 229 cm³/mol. The van der Waals surface area contributed by atoms with Gasteiger partial charge in [-0.3, -0.25) is 4.79 Å². The summed E-state index contributed by atoms with van der Waals surface area (Å²) in [5.41, 5.74) is 0. The van der Waals surface area contributed by atoms with Gasteiger partial charge >= 0.3 is 5.97 Å². The van der Waals surface area contributed by atoms with Gasteiger partial charge in [-0.05, 0) is 6.42 Å². The monoisotopic (exact) mass is 888 g/mol. The van der Waals surface area contributed by atoms with E-state index < -0.39 is 18.5 Å². The number of carboxylic acids is 1. The lowest BCUT2D eigenvalue weighted by Gasteiger charge is -2.09. The Labute approximate surface area is 366 Å². The minimum atomic E-state index is -1.12. The largest absolute Gasteiger partial charge is 0.480 e. The number of carbonyl (C=O) groups is 2. The molecule has 0 unspecified atom stereocenters. The average Bonchev–Trinajstić information content (AvgIpc) is 3.25. The zero-order chi connectivity index (χ0) is 44.0. The Morgan fingerprint density at radius 2 is 0.557 bits per heavy atom. The van der Waals surface area contributed by atoms with E-state index in [9.17, 15) is 9.59 Å². The van der Waals surface area contributed by atoms with Gasteiger partial charge in [0.1, 0.15) is 13.2 Å². The van der Waals surface area contributed by atoms with Crippen LogP contribution in [0.1, 0.15) is 77.6 Å². The molecule has 0 aromatic heterocycles. The molecule has 0 aliphatic rings. The van der Waals surface area contributed by atoms with Crippen LogP contribution in [0.3, 0.4) is 0 Å². The quantitative estimate of drug-likeness (QED) is 0.0838. The number of aliphatic carboxylic acids is 1. The molecule has 18 heteroatoms. The summed E-state index contributed by atoms with van der Waals surface area (Å²) in [6.45, 7) is 14.8. The van der Waals surface area contributed by atoms with E-state index in [1.54, 1.807) is 0 Å². The molecule has 0 aromatic rings. The van der Waals surface area contributed by atoms with Crippen molar-refractivity contribution >= 4 is 11.9 Å². The summed E-state index contributed by atoms with van der Waals surface area (Å²) in [6, 6.07) is 0. The minimum absolute atomic E-state index is 0.299. The smallest absolute Gasteiger partial charge is 0.329 e. The van der Waals surface area contributed by atoms with Crippen LogP contribution in [0.15, 0.2) is 0 Å². The standard InChI is InChI=1S/C43H85NO17/c1-2-3-4-5-6-7-8-9-10-11-12-14-48-16-18-50-20-22-52-24-26-54-28-30-56-32-34-58-36-38-60-39-37-59-35-33-57-31-29-55-27-25-53-23-21-51-19-17-49-15-13-44-42(45)40-61-41-43(46)47/h2-41H2,1H3,(H,44,45)(H,46,47). The lowest BCUT2D eigenvalue weighted by atomic mass is 10.1. The van der Waals surface area contributed by atoms with Crippen LogP contribution in [0, 0.1) is 0 Å². The third-order valence-electron chi connectivity index (χ3n) is 8.38. The van der Waals surface area contributed by atoms with Crippen molar-refractivity contribution in [3.8, 4) is 0 Å². The van der Waals surface area contributed by atoms with Crippen LogP contribution in [0.25, 0.3) is 0 Å². The second-order valence-electron chi connectivity index (χ2n) is 13.7. The van der Waals surface area contributed by atoms with Crippen molar-refractivity contribution in [3.63, 3.8) is 0 Å². The van der Waals surface area contributed by atoms with Gasteiger partial charge in [0, 0.05) is 13.2 Å². The van der Waals surface area contributed by atoms with Crippen LogP contribution in [0.2, 0.25) is 0 Å². The Morgan fingerprint density at radius 1 is 0.311 bits per heavy atom. The lowest BCUT2D eigenvalue weighted by molar-refractivity contribution is -0.143. The second-order valence-corrected chi connectivity index (χ2v) is 13.7. The zero-order valence-corrected chi connectivity index (χ0v) is 37.8. The zero-order valence-electron chi connectivity index (χ0n) is 37.8. The van der Waals surface area contributed by atoms with Crippen LogP contribution < -0.4 is 5.32 Å². The maximum Gasteiger partial charge on any atom is 0.329 e. The normalized spacial score (nSPS) is 11.5. The summed E-state index contributed by atoms with van der Waals surface area (Å²) >= 11 is 0. The van der Waals surface area contributed by atoms with Gasteiger partial charge in [-0.2, -0.15) is 0 Å². The summed E-state index contributed by atoms with van der Waals surface area (Å²) in [5.74, 6) is -1.52. The van der Waals surface area contributed by atoms with Crippen LogP contribution in [0.5, 0.6) is 0 Å². The fourth-order valence-corrected chi connectivity index (χ4v) is 5.15. The first-order valence-electron chi connectivity index (χ1n) is 22.7. The highest BCUT2D eigenvalue weighted by Gasteiger charge is 2.03. The van der Waals surface area contributed by atoms with E-state index in [2.05, 4.69) is 17.0 Å². The Bertz CT molecular complexity index is 864. The van der Waals surface area contributed by atoms with E-state index in [1.807, 2.05) is 0 Å². The van der Waals surface area contributed by atoms with E-state index in [1.165, 1.54) is 64.2 Å². The molecule has 0 rings (SSSR count). The molecule has 0 radical (unpaired) electrons. The van der Waals surface area contributed by atoms with Gasteiger partial charge in [-0.1, -0.05) is 71.1 Å². The van der Waals surface area contributed by atoms with Gasteiger partial charge in [0.15, 0.2) is 0 Å². The number of carboxylic acid groups (broad SMARTS) is 1. The van der Waals surface area contributed by atoms with E-state index in [0.29, 0.717) is 172 Å². The average molecular weight is 888 g/mol. The summed E-state index contributed by atoms with van der Waals surface area (Å²) < 4.78 is 76.1. The molecule has 0 fully saturated rings. The van der Waals surface area contributed by atoms with Crippen molar-refractivity contribution in [2.45, 2.75) is 77.6 Å². The van der Waals surface area contributed by atoms with Crippen molar-refractivity contribution in [1.29, 1.82) is 0 Å². The molecular weight excluding hydrogens is 802 g/mol. The maximum atomic E-state index is 11.4. The SMILES string of the molecule is CCCCCCCCCCCCCOCCOCCOCCOCCOCCOCCOCCOCCOCCOCCOCCOCCOCCNC(=O)COCC(=O)O. The van der Waals surface area contributed by atoms with Crippen molar-refractivity contribution in [1.82, 2.24) is 5.32 Å². The highest BCUT2D eigenvalue weighted by Crippen LogP contribution is 2.11. The lowest BCUT2D eigenvalue weighted by Crippen LogP contribution is -2.31. The molecular formula is C43H85NO17. The Hall–Kier alpha value is -1.62. The number of carbonyl (C=O) groups excluding carboxylic acids is 1. The molecule has 364 valence electrons. The molecule has 18 nitrogen and oxygen atoms in total. The summed E-state index contributed by atoms with van der Waals surface area (Å²) in [7, 11) is 0. The molecule has 0 aliphatic carbocycles. The molecule has 0 aromatic carbocycles. The highest BCUT2D eigenvalue weighted by atomic mass is 16.6. The number of rotatable bonds is 55. The second kappa shape index (κ2) is 54.5. The minimum Gasteiger partial charge on any atom is -0.480 e. The molecule has 0 spiro atoms. The number of hydrogen-bond acceptors (Lipinski definition) is 16. The van der Waals surface area contributed by atoms with Gasteiger partial charge in [0.25, 0.3) is 0 Å². The molecule has 0 aliphatic heterocycles. The molecule has 0 bridgehead atoms. The van der Waals surface area contributed by atoms with Crippen molar-refractivity contribution in [2.75, 3.05) is 192 Å². The van der Waals surface area contributed by atoms with Crippen LogP contribution in [-0.4, -0.2) is 209 Å². The van der Waals surface area contributed by atoms with Gasteiger partial charge in [-0.15, -0.1) is 0 Å².